The lowest BCUT2D eigenvalue weighted by atomic mass is 9.99. The molecule has 1 saturated heterocycles. The Hall–Kier alpha value is -1.30. The number of hydrogen-bond acceptors (Lipinski definition) is 3. The Bertz CT molecular complexity index is 349. The minimum Gasteiger partial charge on any atom is -0.481 e. The van der Waals surface area contributed by atoms with Crippen LogP contribution in [0.3, 0.4) is 0 Å². The highest BCUT2D eigenvalue weighted by Crippen LogP contribution is 2.16. The Kier molecular flexibility index (Phi) is 7.50. The summed E-state index contributed by atoms with van der Waals surface area (Å²) >= 11 is 0. The molecule has 0 bridgehead atoms. The molecule has 6 nitrogen and oxygen atoms in total. The SMILES string of the molecule is CC(CCCC(C)C(=O)O)NC(=O)N1CCCC(CO)C1. The molecule has 0 spiro atoms. The maximum atomic E-state index is 12.1. The average molecular weight is 300 g/mol. The van der Waals surface area contributed by atoms with Crippen molar-refractivity contribution in [3.05, 3.63) is 0 Å². The minimum atomic E-state index is -0.768. The van der Waals surface area contributed by atoms with Crippen molar-refractivity contribution in [1.82, 2.24) is 10.2 Å². The summed E-state index contributed by atoms with van der Waals surface area (Å²) in [6.45, 7) is 5.13. The van der Waals surface area contributed by atoms with Crippen molar-refractivity contribution in [3.63, 3.8) is 0 Å². The number of hydrogen-bond donors (Lipinski definition) is 3. The highest BCUT2D eigenvalue weighted by Gasteiger charge is 2.23. The van der Waals surface area contributed by atoms with Crippen LogP contribution in [-0.2, 0) is 4.79 Å². The molecule has 3 unspecified atom stereocenters. The van der Waals surface area contributed by atoms with Crippen molar-refractivity contribution in [1.29, 1.82) is 0 Å². The number of carboxylic acids is 1. The number of rotatable bonds is 7. The fraction of sp³-hybridized carbons (Fsp3) is 0.867. The second-order valence-electron chi connectivity index (χ2n) is 6.16. The van der Waals surface area contributed by atoms with Crippen LogP contribution in [0.15, 0.2) is 0 Å². The number of aliphatic carboxylic acids is 1. The third kappa shape index (κ3) is 6.33. The smallest absolute Gasteiger partial charge is 0.317 e. The molecule has 21 heavy (non-hydrogen) atoms. The predicted molar refractivity (Wildman–Crippen MR) is 80.0 cm³/mol. The van der Waals surface area contributed by atoms with E-state index in [1.54, 1.807) is 11.8 Å². The van der Waals surface area contributed by atoms with Crippen molar-refractivity contribution in [2.75, 3.05) is 19.7 Å². The molecule has 1 aliphatic rings. The van der Waals surface area contributed by atoms with E-state index in [9.17, 15) is 14.7 Å². The number of aliphatic hydroxyl groups excluding tert-OH is 1. The molecule has 0 aromatic heterocycles. The van der Waals surface area contributed by atoms with Gasteiger partial charge in [-0.1, -0.05) is 13.3 Å². The molecular formula is C15H28N2O4. The number of aliphatic hydroxyl groups is 1. The highest BCUT2D eigenvalue weighted by molar-refractivity contribution is 5.74. The largest absolute Gasteiger partial charge is 0.481 e. The Balaban J connectivity index is 2.25. The van der Waals surface area contributed by atoms with E-state index in [1.165, 1.54) is 0 Å². The van der Waals surface area contributed by atoms with Crippen molar-refractivity contribution in [2.24, 2.45) is 11.8 Å². The fourth-order valence-corrected chi connectivity index (χ4v) is 2.63. The number of amides is 2. The van der Waals surface area contributed by atoms with Gasteiger partial charge in [-0.05, 0) is 38.5 Å². The van der Waals surface area contributed by atoms with Crippen molar-refractivity contribution in [2.45, 2.75) is 52.0 Å². The van der Waals surface area contributed by atoms with Crippen molar-refractivity contribution in [3.8, 4) is 0 Å². The second-order valence-corrected chi connectivity index (χ2v) is 6.16. The molecule has 1 fully saturated rings. The van der Waals surface area contributed by atoms with Crippen LogP contribution in [-0.4, -0.2) is 52.9 Å². The van der Waals surface area contributed by atoms with E-state index in [2.05, 4.69) is 5.32 Å². The second kappa shape index (κ2) is 8.87. The monoisotopic (exact) mass is 300 g/mol. The van der Waals surface area contributed by atoms with Crippen LogP contribution in [0, 0.1) is 11.8 Å². The van der Waals surface area contributed by atoms with Crippen LogP contribution in [0.25, 0.3) is 0 Å². The van der Waals surface area contributed by atoms with Gasteiger partial charge in [-0.25, -0.2) is 4.79 Å². The van der Waals surface area contributed by atoms with Crippen LogP contribution < -0.4 is 5.32 Å². The first kappa shape index (κ1) is 17.8. The molecule has 122 valence electrons. The number of nitrogens with one attached hydrogen (secondary N) is 1. The summed E-state index contributed by atoms with van der Waals surface area (Å²) in [6, 6.07) is -0.0417. The van der Waals surface area contributed by atoms with Crippen LogP contribution in [0.1, 0.15) is 46.0 Å². The average Bonchev–Trinajstić information content (AvgIpc) is 2.46. The first-order valence-corrected chi connectivity index (χ1v) is 7.83. The number of nitrogens with zero attached hydrogens (tertiary/aromatic N) is 1. The van der Waals surface area contributed by atoms with E-state index >= 15 is 0 Å². The zero-order chi connectivity index (χ0) is 15.8. The van der Waals surface area contributed by atoms with Gasteiger partial charge in [-0.3, -0.25) is 4.79 Å². The Morgan fingerprint density at radius 3 is 2.67 bits per heavy atom. The molecule has 1 heterocycles. The van der Waals surface area contributed by atoms with Crippen molar-refractivity contribution < 1.29 is 19.8 Å². The predicted octanol–water partition coefficient (Wildman–Crippen LogP) is 1.68. The Morgan fingerprint density at radius 2 is 2.05 bits per heavy atom. The van der Waals surface area contributed by atoms with Gasteiger partial charge in [0.2, 0.25) is 0 Å². The van der Waals surface area contributed by atoms with E-state index in [1.807, 2.05) is 6.92 Å². The van der Waals surface area contributed by atoms with Crippen LogP contribution in [0.4, 0.5) is 4.79 Å². The van der Waals surface area contributed by atoms with Crippen LogP contribution >= 0.6 is 0 Å². The molecule has 0 radical (unpaired) electrons. The minimum absolute atomic E-state index is 0.0352. The Labute approximate surface area is 126 Å². The van der Waals surface area contributed by atoms with Gasteiger partial charge in [0.1, 0.15) is 0 Å². The first-order valence-electron chi connectivity index (χ1n) is 7.83. The first-order chi connectivity index (χ1) is 9.93. The zero-order valence-corrected chi connectivity index (χ0v) is 13.0. The molecular weight excluding hydrogens is 272 g/mol. The topological polar surface area (TPSA) is 89.9 Å². The summed E-state index contributed by atoms with van der Waals surface area (Å²) in [5, 5.41) is 20.9. The summed E-state index contributed by atoms with van der Waals surface area (Å²) in [5.41, 5.74) is 0. The normalized spacial score (nSPS) is 21.7. The van der Waals surface area contributed by atoms with Crippen LogP contribution in [0.5, 0.6) is 0 Å². The van der Waals surface area contributed by atoms with Gasteiger partial charge in [0, 0.05) is 25.7 Å². The van der Waals surface area contributed by atoms with Crippen molar-refractivity contribution >= 4 is 12.0 Å². The number of carboxylic acid groups (broad SMARTS) is 1. The standard InChI is InChI=1S/C15H28N2O4/c1-11(14(19)20)5-3-6-12(2)16-15(21)17-8-4-7-13(9-17)10-18/h11-13,18H,3-10H2,1-2H3,(H,16,21)(H,19,20). The van der Waals surface area contributed by atoms with Gasteiger partial charge in [0.05, 0.1) is 5.92 Å². The summed E-state index contributed by atoms with van der Waals surface area (Å²) in [7, 11) is 0. The number of urea groups is 1. The third-order valence-corrected chi connectivity index (χ3v) is 4.13. The van der Waals surface area contributed by atoms with Gasteiger partial charge < -0.3 is 20.4 Å². The van der Waals surface area contributed by atoms with Gasteiger partial charge in [0.15, 0.2) is 0 Å². The molecule has 1 aliphatic heterocycles. The molecule has 0 aliphatic carbocycles. The lowest BCUT2D eigenvalue weighted by Crippen LogP contribution is -2.48. The summed E-state index contributed by atoms with van der Waals surface area (Å²) in [5.74, 6) is -0.911. The van der Waals surface area contributed by atoms with Crippen LogP contribution in [0.2, 0.25) is 0 Å². The number of likely N-dealkylation sites (tertiary alicyclic amines) is 1. The third-order valence-electron chi connectivity index (χ3n) is 4.13. The summed E-state index contributed by atoms with van der Waals surface area (Å²) in [6.07, 6.45) is 4.10. The molecule has 3 N–H and O–H groups in total. The molecule has 2 amide bonds. The maximum Gasteiger partial charge on any atom is 0.317 e. The number of piperidine rings is 1. The van der Waals surface area contributed by atoms with Gasteiger partial charge in [0.25, 0.3) is 0 Å². The van der Waals surface area contributed by atoms with Gasteiger partial charge in [-0.15, -0.1) is 0 Å². The fourth-order valence-electron chi connectivity index (χ4n) is 2.63. The summed E-state index contributed by atoms with van der Waals surface area (Å²) in [4.78, 5) is 24.6. The lowest BCUT2D eigenvalue weighted by Gasteiger charge is -2.32. The molecule has 0 saturated carbocycles. The van der Waals surface area contributed by atoms with Gasteiger partial charge in [-0.2, -0.15) is 0 Å². The lowest BCUT2D eigenvalue weighted by molar-refractivity contribution is -0.141. The Morgan fingerprint density at radius 1 is 1.33 bits per heavy atom. The molecule has 3 atom stereocenters. The van der Waals surface area contributed by atoms with E-state index in [4.69, 9.17) is 5.11 Å². The highest BCUT2D eigenvalue weighted by atomic mass is 16.4. The number of carbonyl (C=O) groups excluding carboxylic acids is 1. The van der Waals surface area contributed by atoms with E-state index in [-0.39, 0.29) is 30.5 Å². The van der Waals surface area contributed by atoms with E-state index in [0.29, 0.717) is 13.0 Å². The quantitative estimate of drug-likeness (QED) is 0.667. The van der Waals surface area contributed by atoms with Gasteiger partial charge >= 0.3 is 12.0 Å². The zero-order valence-electron chi connectivity index (χ0n) is 13.0. The summed E-state index contributed by atoms with van der Waals surface area (Å²) < 4.78 is 0. The maximum absolute atomic E-state index is 12.1. The molecule has 0 aromatic rings. The molecule has 0 aromatic carbocycles. The molecule has 1 rings (SSSR count). The van der Waals surface area contributed by atoms with E-state index in [0.717, 1.165) is 32.2 Å². The van der Waals surface area contributed by atoms with E-state index < -0.39 is 5.97 Å². The molecule has 6 heteroatoms. The number of carbonyl (C=O) groups is 2.